The maximum absolute atomic E-state index is 5.87. The number of hydrogen-bond donors (Lipinski definition) is 1. The molecule has 0 saturated heterocycles. The molecule has 2 aromatic carbocycles. The Morgan fingerprint density at radius 1 is 1.15 bits per heavy atom. The van der Waals surface area contributed by atoms with Gasteiger partial charge < -0.3 is 15.2 Å². The molecule has 1 heterocycles. The van der Waals surface area contributed by atoms with Crippen LogP contribution in [0, 0.1) is 0 Å². The molecule has 0 aromatic heterocycles. The molecule has 3 rings (SSSR count). The molecule has 0 saturated carbocycles. The Morgan fingerprint density at radius 3 is 2.80 bits per heavy atom. The Hall–Kier alpha value is -2.00. The third kappa shape index (κ3) is 2.94. The minimum absolute atomic E-state index is 0.131. The van der Waals surface area contributed by atoms with Gasteiger partial charge in [0.15, 0.2) is 0 Å². The normalized spacial score (nSPS) is 17.1. The summed E-state index contributed by atoms with van der Waals surface area (Å²) < 4.78 is 11.7. The number of aryl methyl sites for hydroxylation is 1. The van der Waals surface area contributed by atoms with Crippen LogP contribution in [0.25, 0.3) is 0 Å². The summed E-state index contributed by atoms with van der Waals surface area (Å²) in [7, 11) is 0. The highest BCUT2D eigenvalue weighted by Gasteiger charge is 2.18. The standard InChI is InChI=1S/C17H19NO2/c18-11-16-9-7-14-6-8-15(10-17(14)20-16)19-12-13-4-2-1-3-5-13/h1-6,8,10,16H,7,9,11-12,18H2. The predicted molar refractivity (Wildman–Crippen MR) is 79.0 cm³/mol. The Morgan fingerprint density at radius 2 is 2.00 bits per heavy atom. The van der Waals surface area contributed by atoms with E-state index in [1.165, 1.54) is 5.56 Å². The van der Waals surface area contributed by atoms with Crippen molar-refractivity contribution in [2.75, 3.05) is 6.54 Å². The van der Waals surface area contributed by atoms with Crippen LogP contribution in [-0.4, -0.2) is 12.6 Å². The Labute approximate surface area is 119 Å². The predicted octanol–water partition coefficient (Wildman–Crippen LogP) is 2.92. The second-order valence-electron chi connectivity index (χ2n) is 5.06. The van der Waals surface area contributed by atoms with Crippen LogP contribution in [-0.2, 0) is 13.0 Å². The first-order chi connectivity index (χ1) is 9.85. The quantitative estimate of drug-likeness (QED) is 0.928. The van der Waals surface area contributed by atoms with Crippen molar-refractivity contribution in [1.82, 2.24) is 0 Å². The SMILES string of the molecule is NCC1CCc2ccc(OCc3ccccc3)cc2O1. The van der Waals surface area contributed by atoms with Gasteiger partial charge in [-0.3, -0.25) is 0 Å². The van der Waals surface area contributed by atoms with Crippen molar-refractivity contribution in [3.63, 3.8) is 0 Å². The molecule has 0 aliphatic carbocycles. The molecule has 20 heavy (non-hydrogen) atoms. The summed E-state index contributed by atoms with van der Waals surface area (Å²) in [5, 5.41) is 0. The van der Waals surface area contributed by atoms with Crippen molar-refractivity contribution >= 4 is 0 Å². The number of benzene rings is 2. The summed E-state index contributed by atoms with van der Waals surface area (Å²) in [4.78, 5) is 0. The van der Waals surface area contributed by atoms with Crippen LogP contribution < -0.4 is 15.2 Å². The average Bonchev–Trinajstić information content (AvgIpc) is 2.53. The van der Waals surface area contributed by atoms with Crippen LogP contribution in [0.1, 0.15) is 17.5 Å². The lowest BCUT2D eigenvalue weighted by Gasteiger charge is -2.25. The molecule has 3 nitrogen and oxygen atoms in total. The Bertz CT molecular complexity index is 568. The number of hydrogen-bond acceptors (Lipinski definition) is 3. The van der Waals surface area contributed by atoms with E-state index < -0.39 is 0 Å². The molecule has 0 bridgehead atoms. The van der Waals surface area contributed by atoms with Gasteiger partial charge in [-0.15, -0.1) is 0 Å². The van der Waals surface area contributed by atoms with E-state index in [4.69, 9.17) is 15.2 Å². The summed E-state index contributed by atoms with van der Waals surface area (Å²) >= 11 is 0. The second kappa shape index (κ2) is 5.97. The van der Waals surface area contributed by atoms with Crippen LogP contribution in [0.5, 0.6) is 11.5 Å². The Balaban J connectivity index is 1.69. The number of nitrogens with two attached hydrogens (primary N) is 1. The molecule has 0 fully saturated rings. The monoisotopic (exact) mass is 269 g/mol. The average molecular weight is 269 g/mol. The van der Waals surface area contributed by atoms with Crippen LogP contribution in [0.2, 0.25) is 0 Å². The molecule has 2 aromatic rings. The van der Waals surface area contributed by atoms with E-state index in [9.17, 15) is 0 Å². The van der Waals surface area contributed by atoms with E-state index in [2.05, 4.69) is 18.2 Å². The first kappa shape index (κ1) is 13.0. The molecule has 1 unspecified atom stereocenters. The molecule has 3 heteroatoms. The van der Waals surface area contributed by atoms with Gasteiger partial charge in [-0.1, -0.05) is 36.4 Å². The number of fused-ring (bicyclic) bond motifs is 1. The van der Waals surface area contributed by atoms with E-state index in [-0.39, 0.29) is 6.10 Å². The first-order valence-electron chi connectivity index (χ1n) is 7.01. The smallest absolute Gasteiger partial charge is 0.126 e. The largest absolute Gasteiger partial charge is 0.489 e. The molecule has 1 aliphatic heterocycles. The van der Waals surface area contributed by atoms with Crippen molar-refractivity contribution in [2.24, 2.45) is 5.73 Å². The van der Waals surface area contributed by atoms with Crippen molar-refractivity contribution in [1.29, 1.82) is 0 Å². The van der Waals surface area contributed by atoms with E-state index in [1.807, 2.05) is 30.3 Å². The van der Waals surface area contributed by atoms with Crippen LogP contribution in [0.4, 0.5) is 0 Å². The van der Waals surface area contributed by atoms with Crippen molar-refractivity contribution in [3.05, 3.63) is 59.7 Å². The fourth-order valence-corrected chi connectivity index (χ4v) is 2.40. The van der Waals surface area contributed by atoms with Gasteiger partial charge in [0, 0.05) is 12.6 Å². The number of ether oxygens (including phenoxy) is 2. The highest BCUT2D eigenvalue weighted by Crippen LogP contribution is 2.31. The van der Waals surface area contributed by atoms with Gasteiger partial charge in [-0.05, 0) is 30.0 Å². The zero-order valence-corrected chi connectivity index (χ0v) is 11.4. The molecule has 1 aliphatic rings. The first-order valence-corrected chi connectivity index (χ1v) is 7.01. The van der Waals surface area contributed by atoms with Gasteiger partial charge in [0.25, 0.3) is 0 Å². The maximum Gasteiger partial charge on any atom is 0.126 e. The van der Waals surface area contributed by atoms with Crippen LogP contribution in [0.3, 0.4) is 0 Å². The molecule has 1 atom stereocenters. The van der Waals surface area contributed by atoms with Gasteiger partial charge in [0.1, 0.15) is 24.2 Å². The molecule has 0 amide bonds. The summed E-state index contributed by atoms with van der Waals surface area (Å²) in [6.45, 7) is 1.13. The van der Waals surface area contributed by atoms with Gasteiger partial charge in [0.2, 0.25) is 0 Å². The molecule has 2 N–H and O–H groups in total. The maximum atomic E-state index is 5.87. The topological polar surface area (TPSA) is 44.5 Å². The third-order valence-corrected chi connectivity index (χ3v) is 3.58. The summed E-state index contributed by atoms with van der Waals surface area (Å²) in [6.07, 6.45) is 2.15. The third-order valence-electron chi connectivity index (χ3n) is 3.58. The summed E-state index contributed by atoms with van der Waals surface area (Å²) in [5.74, 6) is 1.75. The van der Waals surface area contributed by atoms with Crippen LogP contribution in [0.15, 0.2) is 48.5 Å². The fraction of sp³-hybridized carbons (Fsp3) is 0.294. The zero-order valence-electron chi connectivity index (χ0n) is 11.4. The fourth-order valence-electron chi connectivity index (χ4n) is 2.40. The zero-order chi connectivity index (χ0) is 13.8. The molecular weight excluding hydrogens is 250 g/mol. The van der Waals surface area contributed by atoms with E-state index in [1.54, 1.807) is 0 Å². The summed E-state index contributed by atoms with van der Waals surface area (Å²) in [5.41, 5.74) is 8.07. The summed E-state index contributed by atoms with van der Waals surface area (Å²) in [6, 6.07) is 16.2. The lowest BCUT2D eigenvalue weighted by atomic mass is 10.0. The molecule has 0 radical (unpaired) electrons. The van der Waals surface area contributed by atoms with Crippen LogP contribution >= 0.6 is 0 Å². The van der Waals surface area contributed by atoms with Crippen molar-refractivity contribution in [2.45, 2.75) is 25.6 Å². The lowest BCUT2D eigenvalue weighted by Crippen LogP contribution is -2.30. The molecule has 104 valence electrons. The minimum Gasteiger partial charge on any atom is -0.489 e. The molecule has 0 spiro atoms. The molecular formula is C17H19NO2. The van der Waals surface area contributed by atoms with Crippen molar-refractivity contribution in [3.8, 4) is 11.5 Å². The van der Waals surface area contributed by atoms with Crippen molar-refractivity contribution < 1.29 is 9.47 Å². The van der Waals surface area contributed by atoms with Gasteiger partial charge in [0.05, 0.1) is 0 Å². The van der Waals surface area contributed by atoms with E-state index in [0.717, 1.165) is 29.9 Å². The minimum atomic E-state index is 0.131. The van der Waals surface area contributed by atoms with Gasteiger partial charge in [-0.2, -0.15) is 0 Å². The second-order valence-corrected chi connectivity index (χ2v) is 5.06. The van der Waals surface area contributed by atoms with Gasteiger partial charge in [-0.25, -0.2) is 0 Å². The van der Waals surface area contributed by atoms with Gasteiger partial charge >= 0.3 is 0 Å². The Kier molecular flexibility index (Phi) is 3.88. The lowest BCUT2D eigenvalue weighted by molar-refractivity contribution is 0.180. The van der Waals surface area contributed by atoms with E-state index >= 15 is 0 Å². The number of rotatable bonds is 4. The highest BCUT2D eigenvalue weighted by molar-refractivity contribution is 5.42. The highest BCUT2D eigenvalue weighted by atomic mass is 16.5. The van der Waals surface area contributed by atoms with E-state index in [0.29, 0.717) is 13.2 Å².